The quantitative estimate of drug-likeness (QED) is 0.762. The van der Waals surface area contributed by atoms with Crippen LogP contribution in [0.2, 0.25) is 0 Å². The molecule has 0 radical (unpaired) electrons. The van der Waals surface area contributed by atoms with E-state index in [1.807, 2.05) is 28.8 Å². The summed E-state index contributed by atoms with van der Waals surface area (Å²) in [6.07, 6.45) is 2.97. The van der Waals surface area contributed by atoms with Gasteiger partial charge in [-0.3, -0.25) is 0 Å². The van der Waals surface area contributed by atoms with Crippen LogP contribution in [-0.4, -0.2) is 20.1 Å². The van der Waals surface area contributed by atoms with Crippen molar-refractivity contribution < 1.29 is 13.2 Å². The van der Waals surface area contributed by atoms with Crippen molar-refractivity contribution in [1.29, 1.82) is 0 Å². The molecule has 0 unspecified atom stereocenters. The first-order valence-corrected chi connectivity index (χ1v) is 9.46. The van der Waals surface area contributed by atoms with Crippen LogP contribution >= 0.6 is 0 Å². The maximum atomic E-state index is 11.4. The number of hydrogen-bond acceptors (Lipinski definition) is 3. The van der Waals surface area contributed by atoms with Crippen molar-refractivity contribution in [3.05, 3.63) is 66.4 Å². The number of rotatable bonds is 5. The highest BCUT2D eigenvalue weighted by atomic mass is 32.2. The number of nitrogens with two attached hydrogens (primary N) is 1. The first-order valence-electron chi connectivity index (χ1n) is 7.91. The molecule has 0 aliphatic rings. The minimum Gasteiger partial charge on any atom is -0.497 e. The Balaban J connectivity index is 2.08. The van der Waals surface area contributed by atoms with Crippen LogP contribution in [0, 0.1) is 0 Å². The van der Waals surface area contributed by atoms with Crippen molar-refractivity contribution in [1.82, 2.24) is 4.57 Å². The summed E-state index contributed by atoms with van der Waals surface area (Å²) in [7, 11) is -2.06. The van der Waals surface area contributed by atoms with Gasteiger partial charge in [-0.05, 0) is 72.1 Å². The number of ether oxygens (including phenoxy) is 1. The molecule has 0 aliphatic carbocycles. The summed E-state index contributed by atoms with van der Waals surface area (Å²) in [6.45, 7) is 2.10. The standard InChI is InChI=1S/C19H20N2O3S/c1-3-14-12-19(15-4-8-17(24-2)9-5-15)21(13-14)16-6-10-18(11-7-16)25(20,22)23/h4-13H,3H2,1-2H3,(H2,20,22,23). The number of primary sulfonamides is 1. The molecule has 6 heteroatoms. The van der Waals surface area contributed by atoms with Gasteiger partial charge < -0.3 is 9.30 Å². The van der Waals surface area contributed by atoms with E-state index < -0.39 is 10.0 Å². The number of aryl methyl sites for hydroxylation is 1. The van der Waals surface area contributed by atoms with Gasteiger partial charge in [0.15, 0.2) is 0 Å². The zero-order valence-electron chi connectivity index (χ0n) is 14.1. The van der Waals surface area contributed by atoms with Gasteiger partial charge in [0.1, 0.15) is 5.75 Å². The lowest BCUT2D eigenvalue weighted by atomic mass is 10.1. The van der Waals surface area contributed by atoms with E-state index in [-0.39, 0.29) is 4.90 Å². The molecule has 0 spiro atoms. The van der Waals surface area contributed by atoms with Gasteiger partial charge in [0.05, 0.1) is 17.7 Å². The number of aromatic nitrogens is 1. The van der Waals surface area contributed by atoms with Crippen LogP contribution < -0.4 is 9.88 Å². The Morgan fingerprint density at radius 1 is 1.04 bits per heavy atom. The van der Waals surface area contributed by atoms with Gasteiger partial charge >= 0.3 is 0 Å². The minimum absolute atomic E-state index is 0.102. The highest BCUT2D eigenvalue weighted by molar-refractivity contribution is 7.89. The SMILES string of the molecule is CCc1cc(-c2ccc(OC)cc2)n(-c2ccc(S(N)(=O)=O)cc2)c1. The summed E-state index contributed by atoms with van der Waals surface area (Å²) in [5.74, 6) is 0.801. The number of nitrogens with zero attached hydrogens (tertiary/aromatic N) is 1. The third-order valence-corrected chi connectivity index (χ3v) is 5.04. The Morgan fingerprint density at radius 3 is 2.20 bits per heavy atom. The lowest BCUT2D eigenvalue weighted by molar-refractivity contribution is 0.415. The maximum absolute atomic E-state index is 11.4. The van der Waals surface area contributed by atoms with E-state index in [9.17, 15) is 8.42 Å². The van der Waals surface area contributed by atoms with Gasteiger partial charge in [0.2, 0.25) is 10.0 Å². The van der Waals surface area contributed by atoms with Crippen LogP contribution in [0.5, 0.6) is 5.75 Å². The summed E-state index contributed by atoms with van der Waals surface area (Å²) in [5.41, 5.74) is 4.15. The molecule has 5 nitrogen and oxygen atoms in total. The van der Waals surface area contributed by atoms with Crippen molar-refractivity contribution >= 4 is 10.0 Å². The Morgan fingerprint density at radius 2 is 1.68 bits per heavy atom. The van der Waals surface area contributed by atoms with Crippen molar-refractivity contribution in [3.8, 4) is 22.7 Å². The molecule has 1 aromatic heterocycles. The fourth-order valence-electron chi connectivity index (χ4n) is 2.71. The third kappa shape index (κ3) is 3.60. The highest BCUT2D eigenvalue weighted by Gasteiger charge is 2.12. The van der Waals surface area contributed by atoms with Gasteiger partial charge in [-0.2, -0.15) is 0 Å². The number of methoxy groups -OCH3 is 1. The second-order valence-electron chi connectivity index (χ2n) is 5.72. The highest BCUT2D eigenvalue weighted by Crippen LogP contribution is 2.28. The van der Waals surface area contributed by atoms with Gasteiger partial charge in [-0.15, -0.1) is 0 Å². The molecule has 0 aliphatic heterocycles. The summed E-state index contributed by atoms with van der Waals surface area (Å²) in [6, 6.07) is 16.5. The molecule has 25 heavy (non-hydrogen) atoms. The second-order valence-corrected chi connectivity index (χ2v) is 7.29. The molecule has 2 aromatic carbocycles. The molecular weight excluding hydrogens is 336 g/mol. The summed E-state index contributed by atoms with van der Waals surface area (Å²) in [4.78, 5) is 0.102. The van der Waals surface area contributed by atoms with Crippen LogP contribution in [0.1, 0.15) is 12.5 Å². The van der Waals surface area contributed by atoms with Crippen LogP contribution in [-0.2, 0) is 16.4 Å². The Kier molecular flexibility index (Phi) is 4.65. The second kappa shape index (κ2) is 6.74. The van der Waals surface area contributed by atoms with Crippen LogP contribution in [0.15, 0.2) is 65.7 Å². The molecule has 0 atom stereocenters. The molecule has 0 amide bonds. The predicted molar refractivity (Wildman–Crippen MR) is 98.5 cm³/mol. The van der Waals surface area contributed by atoms with Crippen molar-refractivity contribution in [2.45, 2.75) is 18.2 Å². The van der Waals surface area contributed by atoms with E-state index in [0.29, 0.717) is 0 Å². The van der Waals surface area contributed by atoms with E-state index in [2.05, 4.69) is 19.2 Å². The topological polar surface area (TPSA) is 74.3 Å². The fourth-order valence-corrected chi connectivity index (χ4v) is 3.22. The molecule has 3 rings (SSSR count). The molecule has 3 aromatic rings. The van der Waals surface area contributed by atoms with E-state index in [0.717, 1.165) is 29.1 Å². The minimum atomic E-state index is -3.69. The van der Waals surface area contributed by atoms with Crippen molar-refractivity contribution in [2.24, 2.45) is 5.14 Å². The number of sulfonamides is 1. The normalized spacial score (nSPS) is 11.5. The first kappa shape index (κ1) is 17.3. The average molecular weight is 356 g/mol. The average Bonchev–Trinajstić information content (AvgIpc) is 3.05. The van der Waals surface area contributed by atoms with Crippen LogP contribution in [0.4, 0.5) is 0 Å². The van der Waals surface area contributed by atoms with Crippen molar-refractivity contribution in [3.63, 3.8) is 0 Å². The largest absolute Gasteiger partial charge is 0.497 e. The maximum Gasteiger partial charge on any atom is 0.238 e. The van der Waals surface area contributed by atoms with Gasteiger partial charge in [0.25, 0.3) is 0 Å². The molecule has 130 valence electrons. The predicted octanol–water partition coefficient (Wildman–Crippen LogP) is 3.36. The zero-order chi connectivity index (χ0) is 18.0. The summed E-state index contributed by atoms with van der Waals surface area (Å²) < 4.78 is 30.1. The number of benzene rings is 2. The Bertz CT molecular complexity index is 973. The lowest BCUT2D eigenvalue weighted by Crippen LogP contribution is -2.12. The zero-order valence-corrected chi connectivity index (χ0v) is 15.0. The Hall–Kier alpha value is -2.57. The van der Waals surface area contributed by atoms with E-state index in [1.54, 1.807) is 19.2 Å². The molecule has 0 saturated carbocycles. The van der Waals surface area contributed by atoms with E-state index in [4.69, 9.17) is 9.88 Å². The van der Waals surface area contributed by atoms with Crippen LogP contribution in [0.25, 0.3) is 16.9 Å². The molecule has 2 N–H and O–H groups in total. The monoisotopic (exact) mass is 356 g/mol. The molecule has 1 heterocycles. The van der Waals surface area contributed by atoms with Crippen molar-refractivity contribution in [2.75, 3.05) is 7.11 Å². The van der Waals surface area contributed by atoms with Crippen LogP contribution in [0.3, 0.4) is 0 Å². The fraction of sp³-hybridized carbons (Fsp3) is 0.158. The van der Waals surface area contributed by atoms with E-state index >= 15 is 0 Å². The first-order chi connectivity index (χ1) is 11.9. The lowest BCUT2D eigenvalue weighted by Gasteiger charge is -2.10. The number of hydrogen-bond donors (Lipinski definition) is 1. The van der Waals surface area contributed by atoms with Gasteiger partial charge in [0, 0.05) is 11.9 Å². The summed E-state index contributed by atoms with van der Waals surface area (Å²) in [5, 5.41) is 5.17. The molecule has 0 saturated heterocycles. The summed E-state index contributed by atoms with van der Waals surface area (Å²) >= 11 is 0. The molecule has 0 bridgehead atoms. The van der Waals surface area contributed by atoms with E-state index in [1.165, 1.54) is 17.7 Å². The molecule has 0 fully saturated rings. The third-order valence-electron chi connectivity index (χ3n) is 4.11. The molecular formula is C19H20N2O3S. The smallest absolute Gasteiger partial charge is 0.238 e. The van der Waals surface area contributed by atoms with Gasteiger partial charge in [-0.1, -0.05) is 6.92 Å². The Labute approximate surface area is 147 Å². The van der Waals surface area contributed by atoms with Gasteiger partial charge in [-0.25, -0.2) is 13.6 Å².